The van der Waals surface area contributed by atoms with Gasteiger partial charge in [0.15, 0.2) is 5.96 Å². The molecule has 0 bridgehead atoms. The monoisotopic (exact) mass is 488 g/mol. The van der Waals surface area contributed by atoms with Gasteiger partial charge in [0.05, 0.1) is 19.7 Å². The van der Waals surface area contributed by atoms with E-state index in [0.29, 0.717) is 0 Å². The van der Waals surface area contributed by atoms with Crippen molar-refractivity contribution in [1.29, 1.82) is 0 Å². The number of hydrogen-bond donors (Lipinski definition) is 2. The second-order valence-corrected chi connectivity index (χ2v) is 7.45. The van der Waals surface area contributed by atoms with Crippen LogP contribution in [0.15, 0.2) is 41.4 Å². The Morgan fingerprint density at radius 3 is 2.58 bits per heavy atom. The molecule has 1 atom stereocenters. The van der Waals surface area contributed by atoms with Crippen molar-refractivity contribution in [2.24, 2.45) is 4.99 Å². The number of benzene rings is 1. The summed E-state index contributed by atoms with van der Waals surface area (Å²) in [6.45, 7) is 3.66. The fourth-order valence-corrected chi connectivity index (χ4v) is 3.44. The van der Waals surface area contributed by atoms with Crippen LogP contribution in [-0.4, -0.2) is 45.7 Å². The molecular formula is C19H29IN4OS. The molecule has 144 valence electrons. The Balaban J connectivity index is 0.00000338. The number of halogens is 1. The van der Waals surface area contributed by atoms with E-state index in [4.69, 9.17) is 4.74 Å². The summed E-state index contributed by atoms with van der Waals surface area (Å²) in [5, 5.41) is 6.80. The molecular weight excluding hydrogens is 459 g/mol. The first-order valence-corrected chi connectivity index (χ1v) is 9.15. The molecule has 1 unspecified atom stereocenters. The lowest BCUT2D eigenvalue weighted by Crippen LogP contribution is -2.41. The van der Waals surface area contributed by atoms with E-state index in [-0.39, 0.29) is 30.0 Å². The predicted octanol–water partition coefficient (Wildman–Crippen LogP) is 3.65. The summed E-state index contributed by atoms with van der Waals surface area (Å²) in [7, 11) is 7.65. The molecule has 0 radical (unpaired) electrons. The Bertz CT molecular complexity index is 702. The molecule has 0 fully saturated rings. The third kappa shape index (κ3) is 6.77. The number of methoxy groups -OCH3 is 1. The van der Waals surface area contributed by atoms with Crippen LogP contribution in [0.1, 0.15) is 21.4 Å². The number of nitrogens with one attached hydrogen (secondary N) is 2. The first kappa shape index (κ1) is 22.7. The summed E-state index contributed by atoms with van der Waals surface area (Å²) in [6, 6.07) is 12.7. The molecule has 1 aromatic heterocycles. The van der Waals surface area contributed by atoms with Gasteiger partial charge in [-0.25, -0.2) is 0 Å². The molecule has 1 aromatic carbocycles. The van der Waals surface area contributed by atoms with Crippen LogP contribution in [0, 0.1) is 6.92 Å². The molecule has 0 saturated heterocycles. The lowest BCUT2D eigenvalue weighted by Gasteiger charge is -2.26. The van der Waals surface area contributed by atoms with Crippen molar-refractivity contribution in [3.05, 3.63) is 51.7 Å². The molecule has 2 rings (SSSR count). The normalized spacial score (nSPS) is 12.5. The fraction of sp³-hybridized carbons (Fsp3) is 0.421. The number of ether oxygens (including phenoxy) is 1. The van der Waals surface area contributed by atoms with Crippen molar-refractivity contribution in [2.45, 2.75) is 19.5 Å². The van der Waals surface area contributed by atoms with Crippen molar-refractivity contribution < 1.29 is 4.74 Å². The van der Waals surface area contributed by atoms with Crippen LogP contribution in [-0.2, 0) is 6.54 Å². The van der Waals surface area contributed by atoms with E-state index >= 15 is 0 Å². The highest BCUT2D eigenvalue weighted by Crippen LogP contribution is 2.22. The zero-order chi connectivity index (χ0) is 18.2. The fourth-order valence-electron chi connectivity index (χ4n) is 2.61. The smallest absolute Gasteiger partial charge is 0.191 e. The third-order valence-corrected chi connectivity index (χ3v) is 5.02. The number of rotatable bonds is 7. The standard InChI is InChI=1S/C19H28N4OS.HI/c1-14-9-10-17(25-14)12-21-19(20-2)22-13-18(23(3)4)15-7-6-8-16(11-15)24-5;/h6-11,18H,12-13H2,1-5H3,(H2,20,21,22);1H. The minimum absolute atomic E-state index is 0. The van der Waals surface area contributed by atoms with E-state index < -0.39 is 0 Å². The molecule has 0 aliphatic heterocycles. The van der Waals surface area contributed by atoms with Crippen LogP contribution in [0.5, 0.6) is 5.75 Å². The Morgan fingerprint density at radius 2 is 2.00 bits per heavy atom. The second kappa shape index (κ2) is 11.4. The van der Waals surface area contributed by atoms with E-state index in [1.54, 1.807) is 25.5 Å². The van der Waals surface area contributed by atoms with Crippen LogP contribution < -0.4 is 15.4 Å². The summed E-state index contributed by atoms with van der Waals surface area (Å²) in [5.41, 5.74) is 1.21. The molecule has 0 aliphatic rings. The summed E-state index contributed by atoms with van der Waals surface area (Å²) >= 11 is 1.80. The molecule has 26 heavy (non-hydrogen) atoms. The minimum Gasteiger partial charge on any atom is -0.497 e. The minimum atomic E-state index is 0. The maximum absolute atomic E-state index is 5.35. The van der Waals surface area contributed by atoms with Gasteiger partial charge in [-0.1, -0.05) is 12.1 Å². The molecule has 2 N–H and O–H groups in total. The van der Waals surface area contributed by atoms with Gasteiger partial charge in [-0.3, -0.25) is 4.99 Å². The van der Waals surface area contributed by atoms with Gasteiger partial charge in [0.25, 0.3) is 0 Å². The van der Waals surface area contributed by atoms with Crippen LogP contribution in [0.25, 0.3) is 0 Å². The first-order chi connectivity index (χ1) is 12.0. The maximum Gasteiger partial charge on any atom is 0.191 e. The molecule has 5 nitrogen and oxygen atoms in total. The van der Waals surface area contributed by atoms with Crippen molar-refractivity contribution in [2.75, 3.05) is 34.8 Å². The van der Waals surface area contributed by atoms with Crippen LogP contribution >= 0.6 is 35.3 Å². The summed E-state index contributed by atoms with van der Waals surface area (Å²) in [5.74, 6) is 1.68. The van der Waals surface area contributed by atoms with E-state index in [2.05, 4.69) is 65.8 Å². The zero-order valence-corrected chi connectivity index (χ0v) is 19.2. The number of aliphatic imine (C=N–C) groups is 1. The van der Waals surface area contributed by atoms with Crippen molar-refractivity contribution in [3.8, 4) is 5.75 Å². The van der Waals surface area contributed by atoms with Gasteiger partial charge in [0.1, 0.15) is 5.75 Å². The summed E-state index contributed by atoms with van der Waals surface area (Å²) < 4.78 is 5.35. The van der Waals surface area contributed by atoms with E-state index in [1.165, 1.54) is 15.3 Å². The Labute approximate surface area is 177 Å². The molecule has 2 aromatic rings. The van der Waals surface area contributed by atoms with Crippen molar-refractivity contribution in [3.63, 3.8) is 0 Å². The van der Waals surface area contributed by atoms with E-state index in [0.717, 1.165) is 24.8 Å². The SMILES string of the molecule is CN=C(NCc1ccc(C)s1)NCC(c1cccc(OC)c1)N(C)C.I. The third-order valence-electron chi connectivity index (χ3n) is 4.01. The summed E-state index contributed by atoms with van der Waals surface area (Å²) in [4.78, 5) is 9.14. The van der Waals surface area contributed by atoms with E-state index in [9.17, 15) is 0 Å². The van der Waals surface area contributed by atoms with Gasteiger partial charge >= 0.3 is 0 Å². The van der Waals surface area contributed by atoms with Gasteiger partial charge in [0.2, 0.25) is 0 Å². The number of guanidine groups is 1. The van der Waals surface area contributed by atoms with Crippen LogP contribution in [0.3, 0.4) is 0 Å². The lowest BCUT2D eigenvalue weighted by atomic mass is 10.1. The number of thiophene rings is 1. The van der Waals surface area contributed by atoms with Crippen molar-refractivity contribution in [1.82, 2.24) is 15.5 Å². The van der Waals surface area contributed by atoms with Gasteiger partial charge in [-0.15, -0.1) is 35.3 Å². The highest BCUT2D eigenvalue weighted by Gasteiger charge is 2.15. The highest BCUT2D eigenvalue weighted by molar-refractivity contribution is 14.0. The Morgan fingerprint density at radius 1 is 1.23 bits per heavy atom. The molecule has 0 amide bonds. The number of nitrogens with zero attached hydrogens (tertiary/aromatic N) is 2. The average molecular weight is 488 g/mol. The van der Waals surface area contributed by atoms with Crippen molar-refractivity contribution >= 4 is 41.3 Å². The lowest BCUT2D eigenvalue weighted by molar-refractivity contribution is 0.297. The second-order valence-electron chi connectivity index (χ2n) is 6.08. The van der Waals surface area contributed by atoms with Gasteiger partial charge in [-0.2, -0.15) is 0 Å². The van der Waals surface area contributed by atoms with Gasteiger partial charge in [-0.05, 0) is 50.8 Å². The maximum atomic E-state index is 5.35. The number of aryl methyl sites for hydroxylation is 1. The zero-order valence-electron chi connectivity index (χ0n) is 16.1. The predicted molar refractivity (Wildman–Crippen MR) is 122 cm³/mol. The summed E-state index contributed by atoms with van der Waals surface area (Å²) in [6.07, 6.45) is 0. The van der Waals surface area contributed by atoms with E-state index in [1.807, 2.05) is 12.1 Å². The molecule has 0 aliphatic carbocycles. The number of hydrogen-bond acceptors (Lipinski definition) is 4. The molecule has 0 spiro atoms. The first-order valence-electron chi connectivity index (χ1n) is 8.33. The highest BCUT2D eigenvalue weighted by atomic mass is 127. The molecule has 0 saturated carbocycles. The largest absolute Gasteiger partial charge is 0.497 e. The van der Waals surface area contributed by atoms with Gasteiger partial charge < -0.3 is 20.3 Å². The topological polar surface area (TPSA) is 48.9 Å². The van der Waals surface area contributed by atoms with Crippen LogP contribution in [0.2, 0.25) is 0 Å². The molecule has 7 heteroatoms. The van der Waals surface area contributed by atoms with Crippen LogP contribution in [0.4, 0.5) is 0 Å². The van der Waals surface area contributed by atoms with Gasteiger partial charge in [0, 0.05) is 23.3 Å². The average Bonchev–Trinajstić information content (AvgIpc) is 3.03. The number of likely N-dealkylation sites (N-methyl/N-ethyl adjacent to an activating group) is 1. The molecule has 1 heterocycles. The Hall–Kier alpha value is -1.32. The quantitative estimate of drug-likeness (QED) is 0.355. The Kier molecular flexibility index (Phi) is 9.97.